The fourth-order valence-corrected chi connectivity index (χ4v) is 3.70. The van der Waals surface area contributed by atoms with E-state index in [1.54, 1.807) is 19.2 Å². The molecule has 0 aliphatic carbocycles. The third-order valence-corrected chi connectivity index (χ3v) is 5.99. The maximum atomic E-state index is 12.1. The molecule has 9 heteroatoms. The molecule has 0 unspecified atom stereocenters. The molecule has 28 heavy (non-hydrogen) atoms. The number of pyridine rings is 1. The molecule has 0 aliphatic rings. The van der Waals surface area contributed by atoms with Gasteiger partial charge in [-0.05, 0) is 47.1 Å². The van der Waals surface area contributed by atoms with E-state index in [1.165, 1.54) is 12.0 Å². The summed E-state index contributed by atoms with van der Waals surface area (Å²) < 4.78 is 13.6. The lowest BCUT2D eigenvalue weighted by atomic mass is 10.2. The number of amides is 1. The number of carbonyl (C=O) groups is 1. The van der Waals surface area contributed by atoms with Gasteiger partial charge < -0.3 is 14.4 Å². The average Bonchev–Trinajstić information content (AvgIpc) is 2.96. The van der Waals surface area contributed by atoms with Gasteiger partial charge in [-0.15, -0.1) is 0 Å². The first kappa shape index (κ1) is 20.9. The fraction of sp³-hybridized carbons (Fsp3) is 0.263. The van der Waals surface area contributed by atoms with Crippen molar-refractivity contribution in [1.82, 2.24) is 9.38 Å². The van der Waals surface area contributed by atoms with Crippen LogP contribution in [0.3, 0.4) is 0 Å². The number of anilines is 1. The smallest absolute Gasteiger partial charge is 0.252 e. The van der Waals surface area contributed by atoms with Crippen LogP contribution in [0.1, 0.15) is 11.3 Å². The number of hydrogen-bond donors (Lipinski definition) is 0. The molecule has 2 heterocycles. The first-order valence-corrected chi connectivity index (χ1v) is 9.88. The third kappa shape index (κ3) is 3.98. The van der Waals surface area contributed by atoms with E-state index in [-0.39, 0.29) is 19.1 Å². The highest BCUT2D eigenvalue weighted by Gasteiger charge is 2.19. The number of fused-ring (bicyclic) bond motifs is 1. The van der Waals surface area contributed by atoms with E-state index in [2.05, 4.69) is 20.9 Å². The molecule has 0 N–H and O–H groups in total. The Bertz CT molecular complexity index is 1040. The zero-order valence-corrected chi connectivity index (χ0v) is 18.6. The normalized spacial score (nSPS) is 11.1. The molecule has 0 bridgehead atoms. The maximum Gasteiger partial charge on any atom is 0.252 e. The van der Waals surface area contributed by atoms with Crippen LogP contribution >= 0.6 is 39.1 Å². The Labute approximate surface area is 181 Å². The third-order valence-electron chi connectivity index (χ3n) is 4.26. The second-order valence-electron chi connectivity index (χ2n) is 6.09. The summed E-state index contributed by atoms with van der Waals surface area (Å²) in [6, 6.07) is 7.07. The monoisotopic (exact) mass is 485 g/mol. The summed E-state index contributed by atoms with van der Waals surface area (Å²) in [6.45, 7) is 1.99. The van der Waals surface area contributed by atoms with Gasteiger partial charge in [-0.1, -0.05) is 23.2 Å². The zero-order valence-electron chi connectivity index (χ0n) is 15.5. The number of rotatable bonds is 6. The topological polar surface area (TPSA) is 56.1 Å². The largest absolute Gasteiger partial charge is 0.485 e. The number of ether oxygens (including phenoxy) is 2. The Balaban J connectivity index is 1.90. The average molecular weight is 487 g/mol. The molecule has 0 saturated heterocycles. The van der Waals surface area contributed by atoms with Gasteiger partial charge in [-0.2, -0.15) is 0 Å². The number of aromatic nitrogens is 2. The van der Waals surface area contributed by atoms with E-state index in [0.29, 0.717) is 32.7 Å². The first-order chi connectivity index (χ1) is 13.3. The summed E-state index contributed by atoms with van der Waals surface area (Å²) in [4.78, 5) is 18.1. The van der Waals surface area contributed by atoms with E-state index in [0.717, 1.165) is 10.3 Å². The van der Waals surface area contributed by atoms with Crippen LogP contribution in [-0.4, -0.2) is 36.1 Å². The second kappa shape index (κ2) is 8.69. The van der Waals surface area contributed by atoms with Gasteiger partial charge in [0.25, 0.3) is 5.91 Å². The molecule has 2 aromatic heterocycles. The van der Waals surface area contributed by atoms with E-state index < -0.39 is 0 Å². The SMILES string of the molecule is COCC(=O)N(C)c1ccc(Cl)c(COc2cccn3c(Br)c(C)nc23)c1Cl. The lowest BCUT2D eigenvalue weighted by Crippen LogP contribution is -2.30. The van der Waals surface area contributed by atoms with Crippen molar-refractivity contribution in [3.63, 3.8) is 0 Å². The van der Waals surface area contributed by atoms with Gasteiger partial charge in [0.15, 0.2) is 11.4 Å². The molecule has 0 radical (unpaired) electrons. The molecule has 0 aliphatic heterocycles. The molecule has 3 aromatic rings. The van der Waals surface area contributed by atoms with Gasteiger partial charge in [0.05, 0.1) is 16.4 Å². The summed E-state index contributed by atoms with van der Waals surface area (Å²) >= 11 is 16.4. The predicted octanol–water partition coefficient (Wildman–Crippen LogP) is 4.90. The van der Waals surface area contributed by atoms with Crippen LogP contribution < -0.4 is 9.64 Å². The summed E-state index contributed by atoms with van der Waals surface area (Å²) in [5.41, 5.74) is 2.65. The maximum absolute atomic E-state index is 12.1. The highest BCUT2D eigenvalue weighted by atomic mass is 79.9. The number of halogens is 3. The van der Waals surface area contributed by atoms with Crippen molar-refractivity contribution < 1.29 is 14.3 Å². The first-order valence-electron chi connectivity index (χ1n) is 8.33. The molecule has 0 fully saturated rings. The quantitative estimate of drug-likeness (QED) is 0.497. The van der Waals surface area contributed by atoms with Gasteiger partial charge in [0.1, 0.15) is 17.8 Å². The Morgan fingerprint density at radius 1 is 1.32 bits per heavy atom. The molecule has 6 nitrogen and oxygen atoms in total. The lowest BCUT2D eigenvalue weighted by Gasteiger charge is -2.20. The minimum atomic E-state index is -0.221. The molecule has 148 valence electrons. The summed E-state index contributed by atoms with van der Waals surface area (Å²) in [6.07, 6.45) is 1.89. The minimum Gasteiger partial charge on any atom is -0.485 e. The van der Waals surface area contributed by atoms with Gasteiger partial charge in [-0.25, -0.2) is 4.98 Å². The number of aryl methyl sites for hydroxylation is 1. The van der Waals surface area contributed by atoms with Crippen molar-refractivity contribution in [2.75, 3.05) is 25.7 Å². The Morgan fingerprint density at radius 2 is 2.07 bits per heavy atom. The number of benzene rings is 1. The van der Waals surface area contributed by atoms with Crippen molar-refractivity contribution in [2.24, 2.45) is 0 Å². The fourth-order valence-electron chi connectivity index (χ4n) is 2.72. The molecule has 3 rings (SSSR count). The van der Waals surface area contributed by atoms with Crippen LogP contribution in [-0.2, 0) is 16.1 Å². The number of methoxy groups -OCH3 is 1. The predicted molar refractivity (Wildman–Crippen MR) is 114 cm³/mol. The number of imidazole rings is 1. The van der Waals surface area contributed by atoms with Gasteiger partial charge in [0, 0.05) is 30.9 Å². The molecular formula is C19H18BrCl2N3O3. The van der Waals surface area contributed by atoms with E-state index >= 15 is 0 Å². The van der Waals surface area contributed by atoms with E-state index in [4.69, 9.17) is 32.7 Å². The Morgan fingerprint density at radius 3 is 2.79 bits per heavy atom. The molecular weight excluding hydrogens is 469 g/mol. The van der Waals surface area contributed by atoms with Crippen molar-refractivity contribution in [3.05, 3.63) is 56.4 Å². The molecule has 0 atom stereocenters. The standard InChI is InChI=1S/C19H18BrCl2N3O3/c1-11-18(20)25-8-4-5-15(19(25)23-11)28-9-12-13(21)6-7-14(17(12)22)24(2)16(26)10-27-3/h4-8H,9-10H2,1-3H3. The van der Waals surface area contributed by atoms with Crippen LogP contribution in [0, 0.1) is 6.92 Å². The number of hydrogen-bond acceptors (Lipinski definition) is 4. The Hall–Kier alpha value is -1.80. The number of nitrogens with zero attached hydrogens (tertiary/aromatic N) is 3. The summed E-state index contributed by atoms with van der Waals surface area (Å²) in [5, 5.41) is 0.807. The summed E-state index contributed by atoms with van der Waals surface area (Å²) in [5.74, 6) is 0.374. The minimum absolute atomic E-state index is 0.0442. The van der Waals surface area contributed by atoms with Gasteiger partial charge >= 0.3 is 0 Å². The van der Waals surface area contributed by atoms with Gasteiger partial charge in [0.2, 0.25) is 0 Å². The number of carbonyl (C=O) groups excluding carboxylic acids is 1. The van der Waals surface area contributed by atoms with Crippen LogP contribution in [0.2, 0.25) is 10.0 Å². The van der Waals surface area contributed by atoms with E-state index in [9.17, 15) is 4.79 Å². The lowest BCUT2D eigenvalue weighted by molar-refractivity contribution is -0.121. The van der Waals surface area contributed by atoms with E-state index in [1.807, 2.05) is 29.7 Å². The van der Waals surface area contributed by atoms with Crippen molar-refractivity contribution >= 4 is 56.4 Å². The van der Waals surface area contributed by atoms with Gasteiger partial charge in [-0.3, -0.25) is 9.20 Å². The molecule has 1 amide bonds. The Kier molecular flexibility index (Phi) is 6.50. The van der Waals surface area contributed by atoms with Crippen molar-refractivity contribution in [1.29, 1.82) is 0 Å². The highest BCUT2D eigenvalue weighted by molar-refractivity contribution is 9.10. The van der Waals surface area contributed by atoms with Crippen molar-refractivity contribution in [2.45, 2.75) is 13.5 Å². The molecule has 0 saturated carbocycles. The van der Waals surface area contributed by atoms with Crippen LogP contribution in [0.5, 0.6) is 5.75 Å². The number of likely N-dealkylation sites (N-methyl/N-ethyl adjacent to an activating group) is 1. The zero-order chi connectivity index (χ0) is 20.4. The van der Waals surface area contributed by atoms with Crippen LogP contribution in [0.25, 0.3) is 5.65 Å². The molecule has 0 spiro atoms. The van der Waals surface area contributed by atoms with Crippen molar-refractivity contribution in [3.8, 4) is 5.75 Å². The van der Waals surface area contributed by atoms with Crippen LogP contribution in [0.15, 0.2) is 35.1 Å². The highest BCUT2D eigenvalue weighted by Crippen LogP contribution is 2.35. The second-order valence-corrected chi connectivity index (χ2v) is 7.62. The van der Waals surface area contributed by atoms with Crippen LogP contribution in [0.4, 0.5) is 5.69 Å². The molecule has 1 aromatic carbocycles. The summed E-state index contributed by atoms with van der Waals surface area (Å²) in [7, 11) is 3.09.